The third-order valence-corrected chi connectivity index (χ3v) is 5.19. The Kier molecular flexibility index (Phi) is 4.42. The molecule has 98 valence electrons. The first-order valence-electron chi connectivity index (χ1n) is 5.94. The highest BCUT2D eigenvalue weighted by atomic mass is 79.9. The number of rotatable bonds is 3. The van der Waals surface area contributed by atoms with E-state index in [9.17, 15) is 4.79 Å². The van der Waals surface area contributed by atoms with Crippen LogP contribution in [0, 0.1) is 5.92 Å². The van der Waals surface area contributed by atoms with Gasteiger partial charge in [0.2, 0.25) is 0 Å². The molecule has 0 saturated carbocycles. The Morgan fingerprint density at radius 2 is 1.88 bits per heavy atom. The maximum Gasteiger partial charge on any atom is 0.330 e. The Bertz CT molecular complexity index is 295. The van der Waals surface area contributed by atoms with Gasteiger partial charge in [-0.3, -0.25) is 0 Å². The van der Waals surface area contributed by atoms with Gasteiger partial charge in [-0.15, -0.1) is 0 Å². The average molecular weight is 304 g/mol. The highest BCUT2D eigenvalue weighted by Gasteiger charge is 2.44. The maximum atomic E-state index is 11.1. The molecule has 0 atom stereocenters. The molecule has 0 aromatic heterocycles. The van der Waals surface area contributed by atoms with E-state index in [1.807, 2.05) is 0 Å². The Labute approximate surface area is 113 Å². The third kappa shape index (κ3) is 3.55. The summed E-state index contributed by atoms with van der Waals surface area (Å²) >= 11 is 3.66. The molecule has 0 radical (unpaired) electrons. The van der Waals surface area contributed by atoms with Crippen LogP contribution in [0.1, 0.15) is 40.5 Å². The van der Waals surface area contributed by atoms with E-state index < -0.39 is 0 Å². The van der Waals surface area contributed by atoms with Crippen LogP contribution in [0.4, 0.5) is 0 Å². The summed E-state index contributed by atoms with van der Waals surface area (Å²) in [7, 11) is 0. The lowest BCUT2D eigenvalue weighted by Gasteiger charge is -2.51. The van der Waals surface area contributed by atoms with Gasteiger partial charge in [-0.1, -0.05) is 6.58 Å². The summed E-state index contributed by atoms with van der Waals surface area (Å²) < 4.78 is 7.40. The van der Waals surface area contributed by atoms with Gasteiger partial charge in [-0.05, 0) is 46.5 Å². The molecule has 0 aromatic carbocycles. The first kappa shape index (κ1) is 14.7. The zero-order chi connectivity index (χ0) is 13.3. The summed E-state index contributed by atoms with van der Waals surface area (Å²) in [6, 6.07) is 0. The molecule has 1 rings (SSSR count). The van der Waals surface area contributed by atoms with Crippen LogP contribution in [0.25, 0.3) is 0 Å². The Morgan fingerprint density at radius 1 is 1.41 bits per heavy atom. The summed E-state index contributed by atoms with van der Waals surface area (Å²) in [5.41, 5.74) is 0.125. The average Bonchev–Trinajstić information content (AvgIpc) is 2.21. The van der Waals surface area contributed by atoms with E-state index in [-0.39, 0.29) is 17.0 Å². The van der Waals surface area contributed by atoms with Crippen molar-refractivity contribution in [3.8, 4) is 0 Å². The number of piperidine rings is 1. The van der Waals surface area contributed by atoms with Crippen molar-refractivity contribution in [3.63, 3.8) is 0 Å². The van der Waals surface area contributed by atoms with Gasteiger partial charge >= 0.3 is 5.97 Å². The molecule has 0 bridgehead atoms. The predicted octanol–water partition coefficient (Wildman–Crippen LogP) is 3.29. The molecule has 0 aliphatic carbocycles. The molecule has 1 saturated heterocycles. The molecule has 0 spiro atoms. The van der Waals surface area contributed by atoms with Gasteiger partial charge in [-0.2, -0.15) is 0 Å². The molecule has 3 nitrogen and oxygen atoms in total. The SMILES string of the molecule is C=CC(=O)OCC1CC(C)(C)N(Br)C(C)(C)C1. The summed E-state index contributed by atoms with van der Waals surface area (Å²) in [6.07, 6.45) is 3.23. The molecule has 1 aliphatic heterocycles. The molecule has 0 amide bonds. The van der Waals surface area contributed by atoms with Gasteiger partial charge in [0, 0.05) is 33.3 Å². The van der Waals surface area contributed by atoms with E-state index in [1.165, 1.54) is 6.08 Å². The lowest BCUT2D eigenvalue weighted by molar-refractivity contribution is -0.140. The van der Waals surface area contributed by atoms with Crippen molar-refractivity contribution in [2.45, 2.75) is 51.6 Å². The first-order chi connectivity index (χ1) is 7.69. The normalized spacial score (nSPS) is 24.3. The molecule has 1 fully saturated rings. The van der Waals surface area contributed by atoms with Crippen LogP contribution in [-0.2, 0) is 9.53 Å². The van der Waals surface area contributed by atoms with Crippen LogP contribution in [0.15, 0.2) is 12.7 Å². The number of hydrogen-bond donors (Lipinski definition) is 0. The minimum atomic E-state index is -0.332. The third-order valence-electron chi connectivity index (χ3n) is 3.27. The van der Waals surface area contributed by atoms with Crippen molar-refractivity contribution in [3.05, 3.63) is 12.7 Å². The van der Waals surface area contributed by atoms with Gasteiger partial charge in [0.05, 0.1) is 6.61 Å². The van der Waals surface area contributed by atoms with Gasteiger partial charge in [-0.25, -0.2) is 8.72 Å². The zero-order valence-corrected chi connectivity index (χ0v) is 12.7. The molecule has 0 unspecified atom stereocenters. The van der Waals surface area contributed by atoms with E-state index in [2.05, 4.69) is 54.3 Å². The number of carbonyl (C=O) groups is 1. The van der Waals surface area contributed by atoms with Crippen LogP contribution in [0.5, 0.6) is 0 Å². The van der Waals surface area contributed by atoms with E-state index in [4.69, 9.17) is 4.74 Å². The number of carbonyl (C=O) groups excluding carboxylic acids is 1. The van der Waals surface area contributed by atoms with Crippen LogP contribution in [-0.4, -0.2) is 27.6 Å². The molecule has 1 heterocycles. The van der Waals surface area contributed by atoms with E-state index >= 15 is 0 Å². The van der Waals surface area contributed by atoms with Crippen molar-refractivity contribution in [1.82, 2.24) is 3.93 Å². The fourth-order valence-corrected chi connectivity index (χ4v) is 3.13. The zero-order valence-electron chi connectivity index (χ0n) is 11.1. The van der Waals surface area contributed by atoms with Crippen LogP contribution < -0.4 is 0 Å². The number of esters is 1. The van der Waals surface area contributed by atoms with E-state index in [0.29, 0.717) is 12.5 Å². The largest absolute Gasteiger partial charge is 0.462 e. The van der Waals surface area contributed by atoms with Gasteiger partial charge < -0.3 is 4.74 Å². The smallest absolute Gasteiger partial charge is 0.330 e. The number of nitrogens with zero attached hydrogens (tertiary/aromatic N) is 1. The maximum absolute atomic E-state index is 11.1. The summed E-state index contributed by atoms with van der Waals surface area (Å²) in [4.78, 5) is 11.1. The fraction of sp³-hybridized carbons (Fsp3) is 0.769. The van der Waals surface area contributed by atoms with E-state index in [0.717, 1.165) is 12.8 Å². The predicted molar refractivity (Wildman–Crippen MR) is 72.8 cm³/mol. The Morgan fingerprint density at radius 3 is 2.29 bits per heavy atom. The van der Waals surface area contributed by atoms with Crippen molar-refractivity contribution >= 4 is 22.1 Å². The summed E-state index contributed by atoms with van der Waals surface area (Å²) in [6.45, 7) is 12.7. The minimum Gasteiger partial charge on any atom is -0.462 e. The summed E-state index contributed by atoms with van der Waals surface area (Å²) in [5.74, 6) is 0.0691. The van der Waals surface area contributed by atoms with Crippen molar-refractivity contribution in [2.75, 3.05) is 6.61 Å². The van der Waals surface area contributed by atoms with Crippen molar-refractivity contribution in [1.29, 1.82) is 0 Å². The number of ether oxygens (including phenoxy) is 1. The Balaban J connectivity index is 2.65. The highest BCUT2D eigenvalue weighted by molar-refractivity contribution is 9.07. The second kappa shape index (κ2) is 5.11. The molecule has 0 N–H and O–H groups in total. The van der Waals surface area contributed by atoms with Crippen molar-refractivity contribution < 1.29 is 9.53 Å². The second-order valence-electron chi connectivity index (χ2n) is 6.01. The molecule has 1 aliphatic rings. The van der Waals surface area contributed by atoms with Gasteiger partial charge in [0.15, 0.2) is 0 Å². The molecule has 4 heteroatoms. The van der Waals surface area contributed by atoms with Crippen LogP contribution >= 0.6 is 16.1 Å². The molecular weight excluding hydrogens is 282 g/mol. The van der Waals surface area contributed by atoms with Gasteiger partial charge in [0.25, 0.3) is 0 Å². The topological polar surface area (TPSA) is 29.5 Å². The monoisotopic (exact) mass is 303 g/mol. The van der Waals surface area contributed by atoms with E-state index in [1.54, 1.807) is 0 Å². The lowest BCUT2D eigenvalue weighted by atomic mass is 9.76. The molecule has 17 heavy (non-hydrogen) atoms. The molecule has 0 aromatic rings. The number of halogens is 1. The Hall–Kier alpha value is -0.350. The fourth-order valence-electron chi connectivity index (χ4n) is 2.84. The minimum absolute atomic E-state index is 0.0625. The van der Waals surface area contributed by atoms with Crippen LogP contribution in [0.3, 0.4) is 0 Å². The van der Waals surface area contributed by atoms with Crippen LogP contribution in [0.2, 0.25) is 0 Å². The number of hydrogen-bond acceptors (Lipinski definition) is 3. The highest BCUT2D eigenvalue weighted by Crippen LogP contribution is 2.43. The van der Waals surface area contributed by atoms with Gasteiger partial charge in [0.1, 0.15) is 0 Å². The quantitative estimate of drug-likeness (QED) is 0.455. The lowest BCUT2D eigenvalue weighted by Crippen LogP contribution is -2.56. The second-order valence-corrected chi connectivity index (χ2v) is 6.72. The molecular formula is C13H22BrNO2. The van der Waals surface area contributed by atoms with Crippen molar-refractivity contribution in [2.24, 2.45) is 5.92 Å². The standard InChI is InChI=1S/C13H22BrNO2/c1-6-11(16)17-9-10-7-12(2,3)15(14)13(4,5)8-10/h6,10H,1,7-9H2,2-5H3. The summed E-state index contributed by atoms with van der Waals surface area (Å²) in [5, 5.41) is 0. The first-order valence-corrected chi connectivity index (χ1v) is 6.65.